The lowest BCUT2D eigenvalue weighted by Crippen LogP contribution is -2.48. The van der Waals surface area contributed by atoms with E-state index in [1.807, 2.05) is 6.07 Å². The van der Waals surface area contributed by atoms with Crippen LogP contribution >= 0.6 is 0 Å². The number of rotatable bonds is 6. The number of ether oxygens (including phenoxy) is 1. The molecule has 2 aliphatic rings. The highest BCUT2D eigenvalue weighted by molar-refractivity contribution is 5.91. The number of hydrogen-bond donors (Lipinski definition) is 1. The monoisotopic (exact) mass is 396 g/mol. The molecule has 2 atom stereocenters. The van der Waals surface area contributed by atoms with E-state index in [1.54, 1.807) is 6.07 Å². The number of piperidine rings is 1. The zero-order chi connectivity index (χ0) is 20.5. The van der Waals surface area contributed by atoms with Gasteiger partial charge in [-0.05, 0) is 74.9 Å². The van der Waals surface area contributed by atoms with E-state index < -0.39 is 0 Å². The summed E-state index contributed by atoms with van der Waals surface area (Å²) in [5.74, 6) is 2.17. The van der Waals surface area contributed by atoms with Crippen LogP contribution in [-0.4, -0.2) is 36.0 Å². The van der Waals surface area contributed by atoms with Crippen LogP contribution in [0.25, 0.3) is 0 Å². The fourth-order valence-electron chi connectivity index (χ4n) is 4.76. The summed E-state index contributed by atoms with van der Waals surface area (Å²) in [6.07, 6.45) is 4.54. The summed E-state index contributed by atoms with van der Waals surface area (Å²) in [5.41, 5.74) is 2.34. The molecule has 0 spiro atoms. The molecule has 0 radical (unpaired) electrons. The van der Waals surface area contributed by atoms with Crippen LogP contribution < -0.4 is 10.1 Å². The largest absolute Gasteiger partial charge is 0.485 e. The van der Waals surface area contributed by atoms with Crippen LogP contribution in [-0.2, 0) is 6.61 Å². The van der Waals surface area contributed by atoms with Crippen LogP contribution in [0.15, 0.2) is 34.7 Å². The molecule has 1 amide bonds. The molecule has 29 heavy (non-hydrogen) atoms. The van der Waals surface area contributed by atoms with Crippen LogP contribution in [0.4, 0.5) is 0 Å². The molecule has 3 heterocycles. The summed E-state index contributed by atoms with van der Waals surface area (Å²) in [6, 6.07) is 11.3. The van der Waals surface area contributed by atoms with Crippen LogP contribution in [0.2, 0.25) is 0 Å². The van der Waals surface area contributed by atoms with Crippen molar-refractivity contribution in [3.05, 3.63) is 53.0 Å². The molecule has 1 N–H and O–H groups in total. The number of aryl methyl sites for hydroxylation is 1. The molecule has 5 nitrogen and oxygen atoms in total. The Hall–Kier alpha value is -2.27. The van der Waals surface area contributed by atoms with Gasteiger partial charge in [-0.3, -0.25) is 4.79 Å². The Morgan fingerprint density at radius 3 is 2.62 bits per heavy atom. The normalized spacial score (nSPS) is 24.1. The van der Waals surface area contributed by atoms with Gasteiger partial charge in [-0.15, -0.1) is 0 Å². The summed E-state index contributed by atoms with van der Waals surface area (Å²) in [4.78, 5) is 15.1. The van der Waals surface area contributed by atoms with Gasteiger partial charge in [-0.2, -0.15) is 0 Å². The first kappa shape index (κ1) is 20.0. The zero-order valence-electron chi connectivity index (χ0n) is 17.9. The number of carbonyl (C=O) groups excluding carboxylic acids is 1. The topological polar surface area (TPSA) is 54.7 Å². The smallest absolute Gasteiger partial charge is 0.287 e. The van der Waals surface area contributed by atoms with Crippen LogP contribution in [0.1, 0.15) is 72.9 Å². The fraction of sp³-hybridized carbons (Fsp3) is 0.542. The minimum Gasteiger partial charge on any atom is -0.485 e. The van der Waals surface area contributed by atoms with Crippen molar-refractivity contribution in [3.8, 4) is 5.75 Å². The van der Waals surface area contributed by atoms with E-state index in [1.165, 1.54) is 18.4 Å². The number of amides is 1. The fourth-order valence-corrected chi connectivity index (χ4v) is 4.76. The Kier molecular flexibility index (Phi) is 5.68. The lowest BCUT2D eigenvalue weighted by Gasteiger charge is -2.36. The third-order valence-electron chi connectivity index (χ3n) is 6.48. The Morgan fingerprint density at radius 2 is 1.93 bits per heavy atom. The number of nitrogens with zero attached hydrogens (tertiary/aromatic N) is 1. The molecule has 2 fully saturated rings. The molecular weight excluding hydrogens is 364 g/mol. The summed E-state index contributed by atoms with van der Waals surface area (Å²) in [5, 5.41) is 3.18. The number of fused-ring (bicyclic) bond motifs is 2. The lowest BCUT2D eigenvalue weighted by molar-refractivity contribution is 0.0851. The van der Waals surface area contributed by atoms with E-state index in [0.717, 1.165) is 24.2 Å². The Labute approximate surface area is 173 Å². The number of benzene rings is 1. The first-order chi connectivity index (χ1) is 13.9. The standard InChI is InChI=1S/C24H32N2O3/c1-15(2)21-9-5-16(3)11-23(21)28-14-20-8-10-22(29-20)24(27)25-17-12-18-6-7-19(13-17)26(18)4/h5,8-11,15,17-19H,6-7,12-14H2,1-4H3,(H,25,27). The van der Waals surface area contributed by atoms with Crippen molar-refractivity contribution in [1.82, 2.24) is 10.2 Å². The van der Waals surface area contributed by atoms with Crippen molar-refractivity contribution in [2.75, 3.05) is 7.05 Å². The second-order valence-corrected chi connectivity index (χ2v) is 8.94. The minimum atomic E-state index is -0.122. The van der Waals surface area contributed by atoms with Crippen molar-refractivity contribution in [2.45, 2.75) is 77.1 Å². The number of carbonyl (C=O) groups is 1. The van der Waals surface area contributed by atoms with Crippen molar-refractivity contribution in [3.63, 3.8) is 0 Å². The third-order valence-corrected chi connectivity index (χ3v) is 6.48. The molecule has 0 aliphatic carbocycles. The first-order valence-corrected chi connectivity index (χ1v) is 10.8. The van der Waals surface area contributed by atoms with Gasteiger partial charge in [-0.25, -0.2) is 0 Å². The molecule has 1 aromatic heterocycles. The molecule has 2 bridgehead atoms. The molecule has 0 saturated carbocycles. The van der Waals surface area contributed by atoms with Crippen molar-refractivity contribution < 1.29 is 13.9 Å². The summed E-state index contributed by atoms with van der Waals surface area (Å²) >= 11 is 0. The average Bonchev–Trinajstić information content (AvgIpc) is 3.22. The molecule has 1 aromatic carbocycles. The molecule has 2 aromatic rings. The predicted octanol–water partition coefficient (Wildman–Crippen LogP) is 4.65. The van der Waals surface area contributed by atoms with Crippen molar-refractivity contribution in [2.24, 2.45) is 0 Å². The van der Waals surface area contributed by atoms with Gasteiger partial charge in [0.1, 0.15) is 18.1 Å². The van der Waals surface area contributed by atoms with Crippen LogP contribution in [0.5, 0.6) is 5.75 Å². The quantitative estimate of drug-likeness (QED) is 0.772. The highest BCUT2D eigenvalue weighted by atomic mass is 16.5. The number of hydrogen-bond acceptors (Lipinski definition) is 4. The first-order valence-electron chi connectivity index (χ1n) is 10.8. The van der Waals surface area contributed by atoms with E-state index in [9.17, 15) is 4.79 Å². The van der Waals surface area contributed by atoms with Gasteiger partial charge < -0.3 is 19.4 Å². The van der Waals surface area contributed by atoms with Gasteiger partial charge in [0, 0.05) is 18.1 Å². The molecule has 2 aliphatic heterocycles. The van der Waals surface area contributed by atoms with E-state index in [2.05, 4.69) is 56.2 Å². The van der Waals surface area contributed by atoms with Crippen LogP contribution in [0, 0.1) is 6.92 Å². The highest BCUT2D eigenvalue weighted by Gasteiger charge is 2.39. The van der Waals surface area contributed by atoms with E-state index in [-0.39, 0.29) is 11.9 Å². The SMILES string of the molecule is Cc1ccc(C(C)C)c(OCc2ccc(C(=O)NC3CC4CCC(C3)N4C)o2)c1. The second kappa shape index (κ2) is 8.23. The second-order valence-electron chi connectivity index (χ2n) is 8.94. The van der Waals surface area contributed by atoms with Gasteiger partial charge in [0.15, 0.2) is 5.76 Å². The van der Waals surface area contributed by atoms with Crippen molar-refractivity contribution in [1.29, 1.82) is 0 Å². The molecule has 5 heteroatoms. The Morgan fingerprint density at radius 1 is 1.21 bits per heavy atom. The van der Waals surface area contributed by atoms with Gasteiger partial charge >= 0.3 is 0 Å². The van der Waals surface area contributed by atoms with E-state index in [4.69, 9.17) is 9.15 Å². The molecular formula is C24H32N2O3. The number of nitrogens with one attached hydrogen (secondary N) is 1. The zero-order valence-corrected chi connectivity index (χ0v) is 17.9. The van der Waals surface area contributed by atoms with Gasteiger partial charge in [0.25, 0.3) is 5.91 Å². The summed E-state index contributed by atoms with van der Waals surface area (Å²) in [7, 11) is 2.21. The number of furan rings is 1. The lowest BCUT2D eigenvalue weighted by atomic mass is 9.98. The van der Waals surface area contributed by atoms with Gasteiger partial charge in [-0.1, -0.05) is 26.0 Å². The highest BCUT2D eigenvalue weighted by Crippen LogP contribution is 2.34. The van der Waals surface area contributed by atoms with Crippen LogP contribution in [0.3, 0.4) is 0 Å². The van der Waals surface area contributed by atoms with Gasteiger partial charge in [0.05, 0.1) is 0 Å². The summed E-state index contributed by atoms with van der Waals surface area (Å²) < 4.78 is 11.8. The third kappa shape index (κ3) is 4.35. The Bertz CT molecular complexity index is 859. The maximum Gasteiger partial charge on any atom is 0.287 e. The molecule has 4 rings (SSSR count). The molecule has 2 saturated heterocycles. The van der Waals surface area contributed by atoms with E-state index in [0.29, 0.717) is 36.1 Å². The van der Waals surface area contributed by atoms with Crippen molar-refractivity contribution >= 4 is 5.91 Å². The molecule has 156 valence electrons. The van der Waals surface area contributed by atoms with Gasteiger partial charge in [0.2, 0.25) is 0 Å². The Balaban J connectivity index is 1.35. The predicted molar refractivity (Wildman–Crippen MR) is 113 cm³/mol. The maximum atomic E-state index is 12.6. The molecule has 2 unspecified atom stereocenters. The minimum absolute atomic E-state index is 0.122. The maximum absolute atomic E-state index is 12.6. The van der Waals surface area contributed by atoms with E-state index >= 15 is 0 Å². The average molecular weight is 397 g/mol. The summed E-state index contributed by atoms with van der Waals surface area (Å²) in [6.45, 7) is 6.68.